The third-order valence-electron chi connectivity index (χ3n) is 7.04. The van der Waals surface area contributed by atoms with Crippen molar-refractivity contribution in [1.29, 1.82) is 0 Å². The molecule has 0 unspecified atom stereocenters. The van der Waals surface area contributed by atoms with E-state index < -0.39 is 0 Å². The van der Waals surface area contributed by atoms with Gasteiger partial charge in [0, 0.05) is 36.6 Å². The number of nitrogens with one attached hydrogen (secondary N) is 1. The van der Waals surface area contributed by atoms with Crippen LogP contribution in [0.1, 0.15) is 74.1 Å². The van der Waals surface area contributed by atoms with Crippen molar-refractivity contribution in [2.75, 3.05) is 0 Å². The van der Waals surface area contributed by atoms with E-state index in [1.165, 1.54) is 18.4 Å². The summed E-state index contributed by atoms with van der Waals surface area (Å²) in [5.74, 6) is 1.11. The zero-order chi connectivity index (χ0) is 24.4. The van der Waals surface area contributed by atoms with E-state index in [-0.39, 0.29) is 17.5 Å². The fraction of sp³-hybridized carbons (Fsp3) is 0.444. The summed E-state index contributed by atoms with van der Waals surface area (Å²) >= 11 is 0. The van der Waals surface area contributed by atoms with Crippen LogP contribution in [-0.4, -0.2) is 35.1 Å². The number of benzene rings is 1. The maximum absolute atomic E-state index is 13.1. The minimum atomic E-state index is -0.0598. The molecule has 0 spiro atoms. The Morgan fingerprint density at radius 3 is 2.71 bits per heavy atom. The zero-order valence-electron chi connectivity index (χ0n) is 20.7. The Morgan fingerprint density at radius 2 is 1.97 bits per heavy atom. The highest BCUT2D eigenvalue weighted by Gasteiger charge is 2.32. The molecule has 3 aromatic heterocycles. The van der Waals surface area contributed by atoms with Crippen molar-refractivity contribution in [3.05, 3.63) is 81.7 Å². The Balaban J connectivity index is 1.56. The number of hydrogen-bond acceptors (Lipinski definition) is 6. The number of rotatable bonds is 8. The summed E-state index contributed by atoms with van der Waals surface area (Å²) in [6.07, 6.45) is 8.30. The minimum Gasteiger partial charge on any atom is -0.322 e. The summed E-state index contributed by atoms with van der Waals surface area (Å²) < 4.78 is 2.04. The third kappa shape index (κ3) is 5.03. The number of nitrogens with zero attached hydrogens (tertiary/aromatic N) is 6. The van der Waals surface area contributed by atoms with Crippen molar-refractivity contribution in [3.8, 4) is 0 Å². The number of H-pyrrole nitrogens is 1. The molecule has 4 aromatic rings. The highest BCUT2D eigenvalue weighted by molar-refractivity contribution is 5.79. The minimum absolute atomic E-state index is 0.0570. The van der Waals surface area contributed by atoms with Crippen LogP contribution in [0.3, 0.4) is 0 Å². The number of fused-ring (bicyclic) bond motifs is 1. The van der Waals surface area contributed by atoms with Gasteiger partial charge in [0.2, 0.25) is 0 Å². The topological polar surface area (TPSA) is 92.6 Å². The molecule has 0 bridgehead atoms. The van der Waals surface area contributed by atoms with E-state index in [4.69, 9.17) is 0 Å². The number of aromatic amines is 1. The molecule has 35 heavy (non-hydrogen) atoms. The molecule has 8 nitrogen and oxygen atoms in total. The van der Waals surface area contributed by atoms with Crippen LogP contribution >= 0.6 is 0 Å². The van der Waals surface area contributed by atoms with Crippen LogP contribution in [0.2, 0.25) is 0 Å². The fourth-order valence-electron chi connectivity index (χ4n) is 5.37. The Morgan fingerprint density at radius 1 is 1.14 bits per heavy atom. The van der Waals surface area contributed by atoms with Gasteiger partial charge in [0.05, 0.1) is 12.1 Å². The number of tetrazole rings is 1. The molecule has 3 heterocycles. The third-order valence-corrected chi connectivity index (χ3v) is 7.04. The summed E-state index contributed by atoms with van der Waals surface area (Å²) in [5.41, 5.74) is 3.78. The number of aryl methyl sites for hydroxylation is 1. The van der Waals surface area contributed by atoms with Gasteiger partial charge in [0.25, 0.3) is 5.56 Å². The summed E-state index contributed by atoms with van der Waals surface area (Å²) in [6.45, 7) is 7.58. The highest BCUT2D eigenvalue weighted by Crippen LogP contribution is 2.35. The average molecular weight is 472 g/mol. The maximum atomic E-state index is 13.1. The lowest BCUT2D eigenvalue weighted by Crippen LogP contribution is -2.35. The Kier molecular flexibility index (Phi) is 6.72. The van der Waals surface area contributed by atoms with Crippen LogP contribution in [-0.2, 0) is 13.1 Å². The molecule has 182 valence electrons. The van der Waals surface area contributed by atoms with Gasteiger partial charge in [-0.1, -0.05) is 44.4 Å². The van der Waals surface area contributed by atoms with E-state index in [0.29, 0.717) is 19.1 Å². The monoisotopic (exact) mass is 471 g/mol. The van der Waals surface area contributed by atoms with Crippen molar-refractivity contribution in [2.45, 2.75) is 71.6 Å². The summed E-state index contributed by atoms with van der Waals surface area (Å²) in [7, 11) is 0. The second-order valence-electron chi connectivity index (χ2n) is 10.1. The van der Waals surface area contributed by atoms with Gasteiger partial charge in [-0.3, -0.25) is 14.7 Å². The Labute approximate surface area is 205 Å². The molecule has 1 N–H and O–H groups in total. The Hall–Kier alpha value is -3.39. The Bertz CT molecular complexity index is 1340. The van der Waals surface area contributed by atoms with Crippen molar-refractivity contribution in [3.63, 3.8) is 0 Å². The molecule has 1 fully saturated rings. The first kappa shape index (κ1) is 23.4. The first-order valence-electron chi connectivity index (χ1n) is 12.5. The second kappa shape index (κ2) is 10.1. The smallest absolute Gasteiger partial charge is 0.252 e. The molecule has 0 aliphatic heterocycles. The molecular formula is C27H33N7O. The number of aromatic nitrogens is 6. The summed E-state index contributed by atoms with van der Waals surface area (Å²) in [4.78, 5) is 22.8. The SMILES string of the molecule is Cc1ccc2[nH]c(=O)c(CN(Cc3cccnc3)[C@H](c3nnnn3C3CCCC3)C(C)C)cc2c1. The predicted octanol–water partition coefficient (Wildman–Crippen LogP) is 4.73. The predicted molar refractivity (Wildman–Crippen MR) is 136 cm³/mol. The first-order valence-corrected chi connectivity index (χ1v) is 12.5. The van der Waals surface area contributed by atoms with Gasteiger partial charge in [0.15, 0.2) is 5.82 Å². The summed E-state index contributed by atoms with van der Waals surface area (Å²) in [6, 6.07) is 12.4. The van der Waals surface area contributed by atoms with Gasteiger partial charge in [0.1, 0.15) is 0 Å². The second-order valence-corrected chi connectivity index (χ2v) is 10.1. The molecule has 0 radical (unpaired) electrons. The van der Waals surface area contributed by atoms with E-state index in [1.807, 2.05) is 35.1 Å². The molecule has 1 saturated carbocycles. The average Bonchev–Trinajstić information content (AvgIpc) is 3.52. The lowest BCUT2D eigenvalue weighted by atomic mass is 9.99. The molecule has 5 rings (SSSR count). The van der Waals surface area contributed by atoms with Gasteiger partial charge < -0.3 is 4.98 Å². The van der Waals surface area contributed by atoms with Crippen LogP contribution < -0.4 is 5.56 Å². The molecule has 1 atom stereocenters. The molecule has 1 aliphatic rings. The quantitative estimate of drug-likeness (QED) is 0.399. The normalized spacial score (nSPS) is 15.5. The van der Waals surface area contributed by atoms with E-state index >= 15 is 0 Å². The van der Waals surface area contributed by atoms with Crippen LogP contribution in [0.25, 0.3) is 10.9 Å². The van der Waals surface area contributed by atoms with Crippen molar-refractivity contribution >= 4 is 10.9 Å². The van der Waals surface area contributed by atoms with E-state index in [9.17, 15) is 4.79 Å². The van der Waals surface area contributed by atoms with Crippen molar-refractivity contribution < 1.29 is 0 Å². The van der Waals surface area contributed by atoms with Gasteiger partial charge in [-0.2, -0.15) is 0 Å². The van der Waals surface area contributed by atoms with E-state index in [1.54, 1.807) is 6.20 Å². The van der Waals surface area contributed by atoms with Crippen molar-refractivity contribution in [2.24, 2.45) is 5.92 Å². The first-order chi connectivity index (χ1) is 17.0. The molecule has 1 aromatic carbocycles. The van der Waals surface area contributed by atoms with Gasteiger partial charge in [-0.15, -0.1) is 5.10 Å². The lowest BCUT2D eigenvalue weighted by molar-refractivity contribution is 0.123. The fourth-order valence-corrected chi connectivity index (χ4v) is 5.37. The number of pyridine rings is 2. The molecule has 0 saturated heterocycles. The molecule has 8 heteroatoms. The molecular weight excluding hydrogens is 438 g/mol. The van der Waals surface area contributed by atoms with Gasteiger partial charge in [-0.25, -0.2) is 4.68 Å². The van der Waals surface area contributed by atoms with Gasteiger partial charge in [-0.05, 0) is 71.3 Å². The largest absolute Gasteiger partial charge is 0.322 e. The number of hydrogen-bond donors (Lipinski definition) is 1. The van der Waals surface area contributed by atoms with Crippen LogP contribution in [0.15, 0.2) is 53.6 Å². The molecule has 0 amide bonds. The van der Waals surface area contributed by atoms with Crippen molar-refractivity contribution in [1.82, 2.24) is 35.1 Å². The van der Waals surface area contributed by atoms with Crippen LogP contribution in [0.4, 0.5) is 0 Å². The highest BCUT2D eigenvalue weighted by atomic mass is 16.1. The van der Waals surface area contributed by atoms with Crippen LogP contribution in [0.5, 0.6) is 0 Å². The lowest BCUT2D eigenvalue weighted by Gasteiger charge is -2.34. The van der Waals surface area contributed by atoms with E-state index in [2.05, 4.69) is 63.3 Å². The van der Waals surface area contributed by atoms with Gasteiger partial charge >= 0.3 is 0 Å². The van der Waals surface area contributed by atoms with E-state index in [0.717, 1.165) is 40.7 Å². The summed E-state index contributed by atoms with van der Waals surface area (Å²) in [5, 5.41) is 14.1. The zero-order valence-corrected chi connectivity index (χ0v) is 20.7. The maximum Gasteiger partial charge on any atom is 0.252 e. The van der Waals surface area contributed by atoms with Crippen LogP contribution in [0, 0.1) is 12.8 Å². The standard InChI is InChI=1S/C27H33N7O/c1-18(2)25(26-30-31-32-34(26)23-8-4-5-9-23)33(16-20-7-6-12-28-15-20)17-22-14-21-13-19(3)10-11-24(21)29-27(22)35/h6-7,10-15,18,23,25H,4-5,8-9,16-17H2,1-3H3,(H,29,35)/t25-/m0/s1. The molecule has 1 aliphatic carbocycles.